The van der Waals surface area contributed by atoms with Gasteiger partial charge >= 0.3 is 0 Å². The monoisotopic (exact) mass is 394 g/mol. The molecule has 1 aliphatic rings. The largest absolute Gasteiger partial charge is 0.420 e. The van der Waals surface area contributed by atoms with Crippen molar-refractivity contribution in [1.82, 2.24) is 30.3 Å². The molecule has 0 aromatic carbocycles. The number of nitrogens with one attached hydrogen (secondary N) is 1. The molecule has 8 nitrogen and oxygen atoms in total. The molecule has 3 aromatic heterocycles. The van der Waals surface area contributed by atoms with E-state index in [0.717, 1.165) is 43.5 Å². The highest BCUT2D eigenvalue weighted by atomic mass is 16.4. The van der Waals surface area contributed by atoms with Crippen LogP contribution in [0.4, 0.5) is 0 Å². The molecule has 1 saturated carbocycles. The summed E-state index contributed by atoms with van der Waals surface area (Å²) in [6.45, 7) is 5.33. The number of aromatic nitrogens is 5. The van der Waals surface area contributed by atoms with E-state index >= 15 is 0 Å². The second kappa shape index (κ2) is 8.55. The van der Waals surface area contributed by atoms with Crippen LogP contribution in [0.5, 0.6) is 0 Å². The topological polar surface area (TPSA) is 98.7 Å². The maximum atomic E-state index is 12.5. The van der Waals surface area contributed by atoms with Crippen LogP contribution in [0.1, 0.15) is 60.5 Å². The lowest BCUT2D eigenvalue weighted by molar-refractivity contribution is 0.0941. The molecule has 0 radical (unpaired) electrons. The van der Waals surface area contributed by atoms with Gasteiger partial charge < -0.3 is 9.73 Å². The molecule has 152 valence electrons. The van der Waals surface area contributed by atoms with Crippen molar-refractivity contribution in [2.75, 3.05) is 6.54 Å². The normalized spacial score (nSPS) is 19.2. The Bertz CT molecular complexity index is 957. The number of aryl methyl sites for hydroxylation is 2. The first-order chi connectivity index (χ1) is 14.1. The summed E-state index contributed by atoms with van der Waals surface area (Å²) in [4.78, 5) is 16.5. The van der Waals surface area contributed by atoms with Crippen molar-refractivity contribution >= 4 is 5.91 Å². The van der Waals surface area contributed by atoms with E-state index in [2.05, 4.69) is 25.6 Å². The Balaban J connectivity index is 1.28. The first kappa shape index (κ1) is 19.3. The van der Waals surface area contributed by atoms with E-state index in [0.29, 0.717) is 29.8 Å². The van der Waals surface area contributed by atoms with Gasteiger partial charge in [-0.15, -0.1) is 10.2 Å². The first-order valence-corrected chi connectivity index (χ1v) is 10.2. The summed E-state index contributed by atoms with van der Waals surface area (Å²) in [5.41, 5.74) is 2.32. The van der Waals surface area contributed by atoms with Crippen LogP contribution in [0, 0.1) is 12.8 Å². The van der Waals surface area contributed by atoms with E-state index in [1.807, 2.05) is 32.2 Å². The number of hydrogen-bond acceptors (Lipinski definition) is 6. The van der Waals surface area contributed by atoms with Crippen molar-refractivity contribution in [1.29, 1.82) is 0 Å². The maximum absolute atomic E-state index is 12.5. The highest BCUT2D eigenvalue weighted by molar-refractivity contribution is 5.94. The average Bonchev–Trinajstić information content (AvgIpc) is 3.40. The van der Waals surface area contributed by atoms with Gasteiger partial charge in [0, 0.05) is 43.2 Å². The lowest BCUT2D eigenvalue weighted by atomic mass is 9.82. The second-order valence-electron chi connectivity index (χ2n) is 7.59. The Morgan fingerprint density at radius 3 is 2.66 bits per heavy atom. The highest BCUT2D eigenvalue weighted by Gasteiger charge is 2.27. The van der Waals surface area contributed by atoms with E-state index in [4.69, 9.17) is 4.42 Å². The maximum Gasteiger partial charge on any atom is 0.254 e. The minimum absolute atomic E-state index is 0.0387. The third-order valence-electron chi connectivity index (χ3n) is 5.63. The summed E-state index contributed by atoms with van der Waals surface area (Å²) in [7, 11) is 0. The van der Waals surface area contributed by atoms with E-state index in [1.54, 1.807) is 17.1 Å². The molecule has 0 aliphatic heterocycles. The van der Waals surface area contributed by atoms with Gasteiger partial charge in [-0.2, -0.15) is 5.10 Å². The third-order valence-corrected chi connectivity index (χ3v) is 5.63. The molecule has 1 amide bonds. The Kier molecular flexibility index (Phi) is 5.69. The predicted molar refractivity (Wildman–Crippen MR) is 107 cm³/mol. The number of nitrogens with zero attached hydrogens (tertiary/aromatic N) is 5. The molecular formula is C21H26N6O2. The summed E-state index contributed by atoms with van der Waals surface area (Å²) in [5, 5.41) is 15.9. The minimum atomic E-state index is -0.0387. The van der Waals surface area contributed by atoms with Crippen LogP contribution in [0.2, 0.25) is 0 Å². The van der Waals surface area contributed by atoms with Crippen molar-refractivity contribution < 1.29 is 9.21 Å². The Hall–Kier alpha value is -3.03. The fourth-order valence-electron chi connectivity index (χ4n) is 3.86. The standard InChI is InChI=1S/C21H26N6O2/c1-3-27-13-18(14(2)26-27)19(28)23-12-15-4-6-16(7-5-15)20-24-25-21(29-20)17-8-10-22-11-9-17/h8-11,13,15-16H,3-7,12H2,1-2H3,(H,23,28). The van der Waals surface area contributed by atoms with Crippen molar-refractivity contribution in [3.05, 3.63) is 47.9 Å². The second-order valence-corrected chi connectivity index (χ2v) is 7.59. The predicted octanol–water partition coefficient (Wildman–Crippen LogP) is 3.36. The summed E-state index contributed by atoms with van der Waals surface area (Å²) in [6, 6.07) is 3.73. The van der Waals surface area contributed by atoms with Gasteiger partial charge in [-0.3, -0.25) is 14.5 Å². The van der Waals surface area contributed by atoms with Gasteiger partial charge in [-0.25, -0.2) is 0 Å². The van der Waals surface area contributed by atoms with Crippen LogP contribution >= 0.6 is 0 Å². The third kappa shape index (κ3) is 4.36. The summed E-state index contributed by atoms with van der Waals surface area (Å²) < 4.78 is 7.69. The summed E-state index contributed by atoms with van der Waals surface area (Å²) in [6.07, 6.45) is 9.30. The van der Waals surface area contributed by atoms with E-state index in [1.165, 1.54) is 0 Å². The van der Waals surface area contributed by atoms with Gasteiger partial charge in [0.2, 0.25) is 11.8 Å². The smallest absolute Gasteiger partial charge is 0.254 e. The molecule has 0 atom stereocenters. The number of carbonyl (C=O) groups excluding carboxylic acids is 1. The van der Waals surface area contributed by atoms with Crippen molar-refractivity contribution in [3.8, 4) is 11.5 Å². The van der Waals surface area contributed by atoms with Gasteiger partial charge in [-0.1, -0.05) is 0 Å². The number of rotatable bonds is 6. The van der Waals surface area contributed by atoms with Crippen LogP contribution in [-0.2, 0) is 6.54 Å². The molecule has 29 heavy (non-hydrogen) atoms. The molecule has 8 heteroatoms. The summed E-state index contributed by atoms with van der Waals surface area (Å²) >= 11 is 0. The van der Waals surface area contributed by atoms with E-state index < -0.39 is 0 Å². The van der Waals surface area contributed by atoms with Crippen molar-refractivity contribution in [2.24, 2.45) is 5.92 Å². The molecule has 4 rings (SSSR count). The Morgan fingerprint density at radius 1 is 1.21 bits per heavy atom. The SMILES string of the molecule is CCn1cc(C(=O)NCC2CCC(c3nnc(-c4ccncc4)o3)CC2)c(C)n1. The zero-order valence-corrected chi connectivity index (χ0v) is 16.8. The van der Waals surface area contributed by atoms with Gasteiger partial charge in [-0.05, 0) is 57.6 Å². The van der Waals surface area contributed by atoms with Crippen molar-refractivity contribution in [3.63, 3.8) is 0 Å². The molecule has 1 aliphatic carbocycles. The molecule has 1 N–H and O–H groups in total. The van der Waals surface area contributed by atoms with Crippen molar-refractivity contribution in [2.45, 2.75) is 52.0 Å². The Labute approximate surface area is 169 Å². The number of amides is 1. The minimum Gasteiger partial charge on any atom is -0.420 e. The van der Waals surface area contributed by atoms with Crippen LogP contribution in [0.25, 0.3) is 11.5 Å². The number of pyridine rings is 1. The van der Waals surface area contributed by atoms with Crippen LogP contribution < -0.4 is 5.32 Å². The van der Waals surface area contributed by atoms with Gasteiger partial charge in [0.1, 0.15) is 0 Å². The molecule has 0 spiro atoms. The fraction of sp³-hybridized carbons (Fsp3) is 0.476. The zero-order chi connectivity index (χ0) is 20.2. The highest BCUT2D eigenvalue weighted by Crippen LogP contribution is 2.35. The molecule has 3 heterocycles. The molecular weight excluding hydrogens is 368 g/mol. The molecule has 0 unspecified atom stereocenters. The van der Waals surface area contributed by atoms with E-state index in [-0.39, 0.29) is 11.8 Å². The lowest BCUT2D eigenvalue weighted by Crippen LogP contribution is -2.31. The summed E-state index contributed by atoms with van der Waals surface area (Å²) in [5.74, 6) is 1.97. The van der Waals surface area contributed by atoms with Crippen LogP contribution in [0.3, 0.4) is 0 Å². The molecule has 1 fully saturated rings. The molecule has 0 bridgehead atoms. The van der Waals surface area contributed by atoms with Gasteiger partial charge in [0.25, 0.3) is 5.91 Å². The quantitative estimate of drug-likeness (QED) is 0.688. The van der Waals surface area contributed by atoms with Gasteiger partial charge in [0.05, 0.1) is 11.3 Å². The fourth-order valence-corrected chi connectivity index (χ4v) is 3.86. The zero-order valence-electron chi connectivity index (χ0n) is 16.8. The first-order valence-electron chi connectivity index (χ1n) is 10.2. The molecule has 0 saturated heterocycles. The number of carbonyl (C=O) groups is 1. The van der Waals surface area contributed by atoms with Crippen LogP contribution in [-0.4, -0.2) is 37.4 Å². The molecule has 3 aromatic rings. The Morgan fingerprint density at radius 2 is 1.97 bits per heavy atom. The lowest BCUT2D eigenvalue weighted by Gasteiger charge is -2.26. The van der Waals surface area contributed by atoms with Crippen LogP contribution in [0.15, 0.2) is 35.1 Å². The van der Waals surface area contributed by atoms with Gasteiger partial charge in [0.15, 0.2) is 0 Å². The number of hydrogen-bond donors (Lipinski definition) is 1. The van der Waals surface area contributed by atoms with E-state index in [9.17, 15) is 4.79 Å². The average molecular weight is 394 g/mol.